The third kappa shape index (κ3) is 4.02. The molecule has 3 aromatic rings. The molecule has 0 atom stereocenters. The number of rotatable bonds is 5. The van der Waals surface area contributed by atoms with E-state index in [1.54, 1.807) is 6.26 Å². The van der Waals surface area contributed by atoms with Crippen molar-refractivity contribution < 1.29 is 13.6 Å². The molecule has 7 nitrogen and oxygen atoms in total. The van der Waals surface area contributed by atoms with Gasteiger partial charge < -0.3 is 19.1 Å². The lowest BCUT2D eigenvalue weighted by Gasteiger charge is -2.29. The minimum Gasteiger partial charge on any atom is -0.467 e. The molecule has 0 bridgehead atoms. The van der Waals surface area contributed by atoms with Gasteiger partial charge in [0.25, 0.3) is 0 Å². The van der Waals surface area contributed by atoms with Gasteiger partial charge in [-0.15, -0.1) is 5.10 Å². The number of carbonyl (C=O) groups is 1. The Morgan fingerprint density at radius 3 is 2.67 bits per heavy atom. The van der Waals surface area contributed by atoms with Crippen molar-refractivity contribution in [2.75, 3.05) is 18.0 Å². The third-order valence-corrected chi connectivity index (χ3v) is 4.87. The molecule has 0 saturated carbocycles. The summed E-state index contributed by atoms with van der Waals surface area (Å²) < 4.78 is 11.1. The molecule has 1 amide bonds. The minimum absolute atomic E-state index is 0.00398. The molecule has 0 unspecified atom stereocenters. The van der Waals surface area contributed by atoms with Gasteiger partial charge in [0.2, 0.25) is 11.8 Å². The SMILES string of the molecule is Cc1ccc(-c2nnc(N3CCC(C(=O)NCc4ccco4)CC3)o2)cc1. The average molecular weight is 366 g/mol. The average Bonchev–Trinajstić information content (AvgIpc) is 3.39. The number of nitrogens with one attached hydrogen (secondary N) is 1. The molecule has 1 N–H and O–H groups in total. The van der Waals surface area contributed by atoms with Crippen LogP contribution >= 0.6 is 0 Å². The Labute approximate surface area is 157 Å². The van der Waals surface area contributed by atoms with Crippen LogP contribution in [0.5, 0.6) is 0 Å². The largest absolute Gasteiger partial charge is 0.467 e. The zero-order chi connectivity index (χ0) is 18.6. The first-order valence-corrected chi connectivity index (χ1v) is 9.14. The molecular formula is C20H22N4O3. The maximum Gasteiger partial charge on any atom is 0.318 e. The van der Waals surface area contributed by atoms with Gasteiger partial charge >= 0.3 is 6.01 Å². The quantitative estimate of drug-likeness (QED) is 0.747. The summed E-state index contributed by atoms with van der Waals surface area (Å²) >= 11 is 0. The summed E-state index contributed by atoms with van der Waals surface area (Å²) in [6, 6.07) is 12.2. The van der Waals surface area contributed by atoms with Crippen molar-refractivity contribution in [3.05, 3.63) is 54.0 Å². The van der Waals surface area contributed by atoms with E-state index in [0.29, 0.717) is 31.5 Å². The van der Waals surface area contributed by atoms with Crippen molar-refractivity contribution >= 4 is 11.9 Å². The lowest BCUT2D eigenvalue weighted by atomic mass is 9.96. The molecule has 1 saturated heterocycles. The predicted octanol–water partition coefficient (Wildman–Crippen LogP) is 3.17. The normalized spacial score (nSPS) is 15.1. The summed E-state index contributed by atoms with van der Waals surface area (Å²) in [6.07, 6.45) is 3.12. The highest BCUT2D eigenvalue weighted by atomic mass is 16.4. The second kappa shape index (κ2) is 7.65. The number of aryl methyl sites for hydroxylation is 1. The molecular weight excluding hydrogens is 344 g/mol. The van der Waals surface area contributed by atoms with Crippen molar-refractivity contribution in [2.45, 2.75) is 26.3 Å². The highest BCUT2D eigenvalue weighted by Crippen LogP contribution is 2.26. The van der Waals surface area contributed by atoms with Crippen molar-refractivity contribution in [1.29, 1.82) is 0 Å². The molecule has 1 aromatic carbocycles. The van der Waals surface area contributed by atoms with Crippen LogP contribution in [-0.4, -0.2) is 29.2 Å². The first kappa shape index (κ1) is 17.3. The Kier molecular flexibility index (Phi) is 4.91. The van der Waals surface area contributed by atoms with Gasteiger partial charge in [0.05, 0.1) is 12.8 Å². The van der Waals surface area contributed by atoms with E-state index in [4.69, 9.17) is 8.83 Å². The van der Waals surface area contributed by atoms with Crippen LogP contribution in [-0.2, 0) is 11.3 Å². The Bertz CT molecular complexity index is 878. The van der Waals surface area contributed by atoms with Gasteiger partial charge in [-0.3, -0.25) is 4.79 Å². The monoisotopic (exact) mass is 366 g/mol. The van der Waals surface area contributed by atoms with E-state index in [9.17, 15) is 4.79 Å². The van der Waals surface area contributed by atoms with Crippen molar-refractivity contribution in [2.24, 2.45) is 5.92 Å². The molecule has 1 aliphatic heterocycles. The molecule has 0 radical (unpaired) electrons. The Morgan fingerprint density at radius 1 is 1.19 bits per heavy atom. The van der Waals surface area contributed by atoms with Crippen LogP contribution in [0.3, 0.4) is 0 Å². The third-order valence-electron chi connectivity index (χ3n) is 4.87. The standard InChI is InChI=1S/C20H22N4O3/c1-14-4-6-16(7-5-14)19-22-23-20(27-19)24-10-8-15(9-11-24)18(25)21-13-17-3-2-12-26-17/h2-7,12,15H,8-11,13H2,1H3,(H,21,25). The summed E-state index contributed by atoms with van der Waals surface area (Å²) in [5.74, 6) is 1.34. The Balaban J connectivity index is 1.31. The highest BCUT2D eigenvalue weighted by molar-refractivity contribution is 5.78. The lowest BCUT2D eigenvalue weighted by molar-refractivity contribution is -0.125. The van der Waals surface area contributed by atoms with Gasteiger partial charge in [-0.2, -0.15) is 0 Å². The molecule has 0 aliphatic carbocycles. The number of nitrogens with zero attached hydrogens (tertiary/aromatic N) is 3. The van der Waals surface area contributed by atoms with E-state index in [1.807, 2.05) is 48.2 Å². The van der Waals surface area contributed by atoms with Gasteiger partial charge in [0.1, 0.15) is 5.76 Å². The number of aromatic nitrogens is 2. The van der Waals surface area contributed by atoms with Crippen molar-refractivity contribution in [3.8, 4) is 11.5 Å². The van der Waals surface area contributed by atoms with Crippen LogP contribution < -0.4 is 10.2 Å². The number of hydrogen-bond donors (Lipinski definition) is 1. The van der Waals surface area contributed by atoms with E-state index in [-0.39, 0.29) is 11.8 Å². The fourth-order valence-corrected chi connectivity index (χ4v) is 3.22. The van der Waals surface area contributed by atoms with Crippen LogP contribution in [0.2, 0.25) is 0 Å². The minimum atomic E-state index is -0.00398. The molecule has 1 fully saturated rings. The fourth-order valence-electron chi connectivity index (χ4n) is 3.22. The van der Waals surface area contributed by atoms with E-state index >= 15 is 0 Å². The van der Waals surface area contributed by atoms with Gasteiger partial charge in [0.15, 0.2) is 0 Å². The van der Waals surface area contributed by atoms with Crippen LogP contribution in [0.25, 0.3) is 11.5 Å². The Hall–Kier alpha value is -3.09. The summed E-state index contributed by atoms with van der Waals surface area (Å²) in [5.41, 5.74) is 2.09. The molecule has 1 aliphatic rings. The van der Waals surface area contributed by atoms with Gasteiger partial charge in [-0.1, -0.05) is 22.8 Å². The number of anilines is 1. The zero-order valence-electron chi connectivity index (χ0n) is 15.2. The zero-order valence-corrected chi connectivity index (χ0v) is 15.2. The van der Waals surface area contributed by atoms with Crippen LogP contribution in [0.15, 0.2) is 51.5 Å². The highest BCUT2D eigenvalue weighted by Gasteiger charge is 2.27. The van der Waals surface area contributed by atoms with Crippen molar-refractivity contribution in [3.63, 3.8) is 0 Å². The van der Waals surface area contributed by atoms with E-state index in [1.165, 1.54) is 5.56 Å². The predicted molar refractivity (Wildman–Crippen MR) is 100.0 cm³/mol. The van der Waals surface area contributed by atoms with Gasteiger partial charge in [-0.05, 0) is 44.0 Å². The number of hydrogen-bond acceptors (Lipinski definition) is 6. The van der Waals surface area contributed by atoms with Gasteiger partial charge in [-0.25, -0.2) is 0 Å². The molecule has 0 spiro atoms. The number of carbonyl (C=O) groups excluding carboxylic acids is 1. The first-order chi connectivity index (χ1) is 13.2. The fraction of sp³-hybridized carbons (Fsp3) is 0.350. The molecule has 2 aromatic heterocycles. The van der Waals surface area contributed by atoms with Crippen LogP contribution in [0, 0.1) is 12.8 Å². The molecule has 3 heterocycles. The topological polar surface area (TPSA) is 84.4 Å². The number of benzene rings is 1. The molecule has 27 heavy (non-hydrogen) atoms. The maximum atomic E-state index is 12.3. The second-order valence-electron chi connectivity index (χ2n) is 6.81. The molecule has 140 valence electrons. The number of furan rings is 1. The summed E-state index contributed by atoms with van der Waals surface area (Å²) in [7, 11) is 0. The van der Waals surface area contributed by atoms with E-state index < -0.39 is 0 Å². The second-order valence-corrected chi connectivity index (χ2v) is 6.81. The maximum absolute atomic E-state index is 12.3. The van der Waals surface area contributed by atoms with Crippen LogP contribution in [0.1, 0.15) is 24.2 Å². The first-order valence-electron chi connectivity index (χ1n) is 9.14. The smallest absolute Gasteiger partial charge is 0.318 e. The lowest BCUT2D eigenvalue weighted by Crippen LogP contribution is -2.40. The molecule has 4 rings (SSSR count). The summed E-state index contributed by atoms with van der Waals surface area (Å²) in [6.45, 7) is 3.90. The van der Waals surface area contributed by atoms with Crippen molar-refractivity contribution in [1.82, 2.24) is 15.5 Å². The summed E-state index contributed by atoms with van der Waals surface area (Å²) in [4.78, 5) is 14.4. The van der Waals surface area contributed by atoms with Crippen LogP contribution in [0.4, 0.5) is 6.01 Å². The molecule has 7 heteroatoms. The van der Waals surface area contributed by atoms with E-state index in [0.717, 1.165) is 24.2 Å². The number of piperidine rings is 1. The number of amides is 1. The summed E-state index contributed by atoms with van der Waals surface area (Å²) in [5, 5.41) is 11.3. The van der Waals surface area contributed by atoms with E-state index in [2.05, 4.69) is 15.5 Å². The van der Waals surface area contributed by atoms with Gasteiger partial charge in [0, 0.05) is 24.6 Å². The Morgan fingerprint density at radius 2 is 1.96 bits per heavy atom.